The number of epoxide rings is 1. The van der Waals surface area contributed by atoms with Gasteiger partial charge in [0.15, 0.2) is 11.5 Å². The van der Waals surface area contributed by atoms with Gasteiger partial charge in [-0.2, -0.15) is 0 Å². The molecule has 2 saturated heterocycles. The van der Waals surface area contributed by atoms with Crippen LogP contribution in [0.25, 0.3) is 0 Å². The summed E-state index contributed by atoms with van der Waals surface area (Å²) in [5.74, 6) is -2.42. The zero-order chi connectivity index (χ0) is 24.2. The molecule has 1 aromatic carbocycles. The van der Waals surface area contributed by atoms with E-state index in [9.17, 15) is 24.9 Å². The minimum atomic E-state index is -0.836. The van der Waals surface area contributed by atoms with Crippen LogP contribution in [0, 0.1) is 0 Å². The van der Waals surface area contributed by atoms with E-state index in [1.807, 2.05) is 6.08 Å². The Morgan fingerprint density at radius 2 is 2.03 bits per heavy atom. The van der Waals surface area contributed by atoms with Crippen LogP contribution in [0.5, 0.6) is 17.2 Å². The molecule has 0 spiro atoms. The van der Waals surface area contributed by atoms with Crippen molar-refractivity contribution in [2.24, 2.45) is 5.16 Å². The van der Waals surface area contributed by atoms with Crippen LogP contribution in [0.3, 0.4) is 0 Å². The molecule has 3 unspecified atom stereocenters. The van der Waals surface area contributed by atoms with Gasteiger partial charge in [0.1, 0.15) is 30.1 Å². The number of hydrogen-bond acceptors (Lipinski definition) is 9. The molecule has 3 heterocycles. The molecule has 2 fully saturated rings. The van der Waals surface area contributed by atoms with Crippen molar-refractivity contribution in [2.75, 3.05) is 19.7 Å². The number of carbonyl (C=O) groups is 2. The molecule has 10 nitrogen and oxygen atoms in total. The van der Waals surface area contributed by atoms with Crippen LogP contribution in [-0.4, -0.2) is 75.8 Å². The zero-order valence-corrected chi connectivity index (χ0v) is 18.8. The summed E-state index contributed by atoms with van der Waals surface area (Å²) < 4.78 is 11.0. The lowest BCUT2D eigenvalue weighted by Crippen LogP contribution is -2.28. The average molecular weight is 472 g/mol. The van der Waals surface area contributed by atoms with Crippen LogP contribution in [0.4, 0.5) is 0 Å². The molecule has 0 radical (unpaired) electrons. The van der Waals surface area contributed by atoms with Gasteiger partial charge in [0.2, 0.25) is 5.91 Å². The van der Waals surface area contributed by atoms with E-state index >= 15 is 0 Å². The fourth-order valence-electron chi connectivity index (χ4n) is 4.09. The second-order valence-electron chi connectivity index (χ2n) is 8.53. The highest BCUT2D eigenvalue weighted by Gasteiger charge is 2.38. The van der Waals surface area contributed by atoms with E-state index in [4.69, 9.17) is 14.3 Å². The summed E-state index contributed by atoms with van der Waals surface area (Å²) in [5.41, 5.74) is 0.00918. The first kappa shape index (κ1) is 23.6. The summed E-state index contributed by atoms with van der Waals surface area (Å²) in [6.07, 6.45) is 8.06. The highest BCUT2D eigenvalue weighted by atomic mass is 16.6. The maximum Gasteiger partial charge on any atom is 0.342 e. The quantitative estimate of drug-likeness (QED) is 0.151. The first-order chi connectivity index (χ1) is 16.3. The number of fused-ring (bicyclic) bond motifs is 2. The fraction of sp³-hybridized carbons (Fsp3) is 0.458. The molecule has 1 amide bonds. The molecule has 34 heavy (non-hydrogen) atoms. The first-order valence-corrected chi connectivity index (χ1v) is 11.3. The second-order valence-corrected chi connectivity index (χ2v) is 8.53. The number of cyclic esters (lactones) is 1. The number of amides is 1. The number of phenols is 3. The SMILES string of the molecule is CC1CC2OC2C=CC=CC(=NOCCN2CCCC2=O)Cc2c(O)c(O)cc(O)c2C(=O)O1. The maximum atomic E-state index is 12.9. The number of hydrogen-bond donors (Lipinski definition) is 3. The Balaban J connectivity index is 1.61. The van der Waals surface area contributed by atoms with Crippen molar-refractivity contribution in [3.8, 4) is 17.2 Å². The Bertz CT molecular complexity index is 1050. The van der Waals surface area contributed by atoms with Crippen LogP contribution < -0.4 is 0 Å². The van der Waals surface area contributed by atoms with E-state index in [1.54, 1.807) is 30.1 Å². The minimum Gasteiger partial charge on any atom is -0.507 e. The molecule has 3 aliphatic heterocycles. The molecular weight excluding hydrogens is 444 g/mol. The topological polar surface area (TPSA) is 141 Å². The van der Waals surface area contributed by atoms with Gasteiger partial charge < -0.3 is 34.5 Å². The van der Waals surface area contributed by atoms with Crippen LogP contribution >= 0.6 is 0 Å². The predicted molar refractivity (Wildman–Crippen MR) is 121 cm³/mol. The van der Waals surface area contributed by atoms with Gasteiger partial charge >= 0.3 is 5.97 Å². The number of ether oxygens (including phenoxy) is 2. The van der Waals surface area contributed by atoms with Crippen molar-refractivity contribution in [2.45, 2.75) is 50.9 Å². The molecule has 182 valence electrons. The van der Waals surface area contributed by atoms with E-state index < -0.39 is 29.3 Å². The predicted octanol–water partition coefficient (Wildman–Crippen LogP) is 2.17. The maximum absolute atomic E-state index is 12.9. The van der Waals surface area contributed by atoms with Crippen LogP contribution in [0.2, 0.25) is 0 Å². The summed E-state index contributed by atoms with van der Waals surface area (Å²) in [6, 6.07) is 0.891. The molecule has 0 saturated carbocycles. The number of benzene rings is 1. The molecule has 4 rings (SSSR count). The Hall–Kier alpha value is -3.53. The van der Waals surface area contributed by atoms with Gasteiger partial charge in [0.05, 0.1) is 18.4 Å². The summed E-state index contributed by atoms with van der Waals surface area (Å²) in [5, 5.41) is 35.0. The van der Waals surface area contributed by atoms with E-state index in [-0.39, 0.29) is 42.3 Å². The molecular formula is C24H28N2O8. The summed E-state index contributed by atoms with van der Waals surface area (Å²) in [7, 11) is 0. The number of carbonyl (C=O) groups excluding carboxylic acids is 2. The third-order valence-electron chi connectivity index (χ3n) is 5.92. The second kappa shape index (κ2) is 10.2. The molecule has 3 atom stereocenters. The van der Waals surface area contributed by atoms with Gasteiger partial charge in [-0.15, -0.1) is 0 Å². The van der Waals surface area contributed by atoms with E-state index in [2.05, 4.69) is 5.16 Å². The van der Waals surface area contributed by atoms with Gasteiger partial charge in [-0.3, -0.25) is 4.79 Å². The number of nitrogens with zero attached hydrogens (tertiary/aromatic N) is 2. The van der Waals surface area contributed by atoms with E-state index in [0.29, 0.717) is 31.6 Å². The lowest BCUT2D eigenvalue weighted by molar-refractivity contribution is -0.128. The van der Waals surface area contributed by atoms with Crippen molar-refractivity contribution < 1.29 is 39.2 Å². The molecule has 0 aromatic heterocycles. The highest BCUT2D eigenvalue weighted by Crippen LogP contribution is 2.39. The van der Waals surface area contributed by atoms with Gasteiger partial charge in [-0.1, -0.05) is 23.4 Å². The molecule has 0 aliphatic carbocycles. The number of allylic oxidation sites excluding steroid dienone is 3. The molecule has 3 N–H and O–H groups in total. The highest BCUT2D eigenvalue weighted by molar-refractivity contribution is 6.01. The Kier molecular flexibility index (Phi) is 7.06. The average Bonchev–Trinajstić information content (AvgIpc) is 3.38. The number of esters is 1. The molecule has 1 aromatic rings. The number of aromatic hydroxyl groups is 3. The smallest absolute Gasteiger partial charge is 0.342 e. The van der Waals surface area contributed by atoms with Crippen LogP contribution in [0.1, 0.15) is 42.1 Å². The summed E-state index contributed by atoms with van der Waals surface area (Å²) in [6.45, 7) is 2.97. The van der Waals surface area contributed by atoms with Crippen molar-refractivity contribution >= 4 is 17.6 Å². The lowest BCUT2D eigenvalue weighted by atomic mass is 9.98. The van der Waals surface area contributed by atoms with Crippen molar-refractivity contribution in [3.05, 3.63) is 41.5 Å². The largest absolute Gasteiger partial charge is 0.507 e. The number of likely N-dealkylation sites (tertiary alicyclic amines) is 1. The van der Waals surface area contributed by atoms with E-state index in [0.717, 1.165) is 12.5 Å². The standard InChI is InChI=1S/C24H28N2O8/c1-14-11-20-19(34-20)6-3-2-5-15(25-32-10-9-26-8-4-7-21(26)29)12-16-22(24(31)33-14)17(27)13-18(28)23(16)30/h2-3,5-6,13-14,19-20,27-28,30H,4,7-12H2,1H3. The van der Waals surface area contributed by atoms with Crippen LogP contribution in [-0.2, 0) is 25.5 Å². The number of rotatable bonds is 4. The number of oxime groups is 1. The molecule has 0 bridgehead atoms. The zero-order valence-electron chi connectivity index (χ0n) is 18.8. The van der Waals surface area contributed by atoms with Crippen molar-refractivity contribution in [1.82, 2.24) is 4.90 Å². The fourth-order valence-corrected chi connectivity index (χ4v) is 4.09. The summed E-state index contributed by atoms with van der Waals surface area (Å²) >= 11 is 0. The monoisotopic (exact) mass is 472 g/mol. The molecule has 10 heteroatoms. The third-order valence-corrected chi connectivity index (χ3v) is 5.92. The number of phenolic OH excluding ortho intramolecular Hbond substituents is 3. The van der Waals surface area contributed by atoms with E-state index in [1.165, 1.54) is 0 Å². The first-order valence-electron chi connectivity index (χ1n) is 11.3. The van der Waals surface area contributed by atoms with Gasteiger partial charge in [0.25, 0.3) is 0 Å². The summed E-state index contributed by atoms with van der Waals surface area (Å²) in [4.78, 5) is 31.7. The van der Waals surface area contributed by atoms with Crippen molar-refractivity contribution in [1.29, 1.82) is 0 Å². The van der Waals surface area contributed by atoms with Crippen molar-refractivity contribution in [3.63, 3.8) is 0 Å². The lowest BCUT2D eigenvalue weighted by Gasteiger charge is -2.17. The minimum absolute atomic E-state index is 0.0435. The Morgan fingerprint density at radius 3 is 2.79 bits per heavy atom. The normalized spacial score (nSPS) is 26.1. The molecule has 3 aliphatic rings. The van der Waals surface area contributed by atoms with Gasteiger partial charge in [0, 0.05) is 37.4 Å². The Morgan fingerprint density at radius 1 is 1.21 bits per heavy atom. The third kappa shape index (κ3) is 5.51. The Labute approximate surface area is 196 Å². The van der Waals surface area contributed by atoms with Crippen LogP contribution in [0.15, 0.2) is 35.5 Å². The van der Waals surface area contributed by atoms with Gasteiger partial charge in [-0.05, 0) is 19.4 Å². The van der Waals surface area contributed by atoms with Gasteiger partial charge in [-0.25, -0.2) is 4.79 Å².